The smallest absolute Gasteiger partial charge is 0.404 e. The van der Waals surface area contributed by atoms with Crippen molar-refractivity contribution in [2.75, 3.05) is 0 Å². The predicted octanol–water partition coefficient (Wildman–Crippen LogP) is 2.76. The van der Waals surface area contributed by atoms with Crippen molar-refractivity contribution < 1.29 is 22.3 Å². The van der Waals surface area contributed by atoms with Crippen molar-refractivity contribution in [3.63, 3.8) is 0 Å². The molecule has 0 spiro atoms. The Hall–Kier alpha value is -1.33. The van der Waals surface area contributed by atoms with Gasteiger partial charge in [0.15, 0.2) is 5.75 Å². The zero-order chi connectivity index (χ0) is 10.8. The minimum atomic E-state index is -4.82. The van der Waals surface area contributed by atoms with Crippen LogP contribution in [0.15, 0.2) is 12.3 Å². The van der Waals surface area contributed by atoms with Crippen LogP contribution in [0.5, 0.6) is 5.75 Å². The molecule has 0 radical (unpaired) electrons. The first-order valence-electron chi connectivity index (χ1n) is 3.69. The normalized spacial score (nSPS) is 11.5. The van der Waals surface area contributed by atoms with Crippen molar-refractivity contribution >= 4 is 0 Å². The quantitative estimate of drug-likeness (QED) is 0.698. The lowest BCUT2D eigenvalue weighted by molar-refractivity contribution is -0.275. The van der Waals surface area contributed by atoms with E-state index in [0.29, 0.717) is 5.69 Å². The number of aryl methyl sites for hydroxylation is 1. The summed E-state index contributed by atoms with van der Waals surface area (Å²) in [5, 5.41) is 0. The Balaban J connectivity index is 2.97. The molecule has 0 unspecified atom stereocenters. The van der Waals surface area contributed by atoms with Crippen molar-refractivity contribution in [2.45, 2.75) is 20.0 Å². The number of halogens is 4. The number of hydrogen-bond acceptors (Lipinski definition) is 2. The second-order valence-electron chi connectivity index (χ2n) is 2.61. The number of alkyl halides is 4. The Labute approximate surface area is 77.5 Å². The molecule has 0 atom stereocenters. The fourth-order valence-electron chi connectivity index (χ4n) is 0.925. The van der Waals surface area contributed by atoms with Gasteiger partial charge in [-0.2, -0.15) is 0 Å². The average molecular weight is 209 g/mol. The van der Waals surface area contributed by atoms with Crippen LogP contribution >= 0.6 is 0 Å². The molecular formula is C8H7F4NO. The highest BCUT2D eigenvalue weighted by atomic mass is 19.4. The first kappa shape index (κ1) is 10.7. The van der Waals surface area contributed by atoms with E-state index in [9.17, 15) is 17.6 Å². The predicted molar refractivity (Wildman–Crippen MR) is 40.5 cm³/mol. The summed E-state index contributed by atoms with van der Waals surface area (Å²) in [4.78, 5) is 3.58. The fraction of sp³-hybridized carbons (Fsp3) is 0.375. The maximum absolute atomic E-state index is 12.3. The van der Waals surface area contributed by atoms with Crippen molar-refractivity contribution in [1.82, 2.24) is 4.98 Å². The van der Waals surface area contributed by atoms with Crippen LogP contribution in [0.2, 0.25) is 0 Å². The van der Waals surface area contributed by atoms with Crippen LogP contribution in [0, 0.1) is 6.92 Å². The fourth-order valence-corrected chi connectivity index (χ4v) is 0.925. The van der Waals surface area contributed by atoms with E-state index < -0.39 is 18.8 Å². The Kier molecular flexibility index (Phi) is 2.93. The van der Waals surface area contributed by atoms with E-state index in [1.54, 1.807) is 6.92 Å². The SMILES string of the molecule is Cc1cc(CF)c(OC(F)(F)F)cn1. The second kappa shape index (κ2) is 3.81. The van der Waals surface area contributed by atoms with Gasteiger partial charge in [-0.1, -0.05) is 0 Å². The van der Waals surface area contributed by atoms with E-state index in [1.165, 1.54) is 6.07 Å². The molecule has 1 heterocycles. The second-order valence-corrected chi connectivity index (χ2v) is 2.61. The van der Waals surface area contributed by atoms with Gasteiger partial charge in [0.25, 0.3) is 0 Å². The van der Waals surface area contributed by atoms with Crippen LogP contribution in [0.25, 0.3) is 0 Å². The minimum absolute atomic E-state index is 0.158. The van der Waals surface area contributed by atoms with E-state index in [4.69, 9.17) is 0 Å². The molecule has 0 amide bonds. The molecule has 78 valence electrons. The molecule has 1 aromatic heterocycles. The molecule has 0 aromatic carbocycles. The van der Waals surface area contributed by atoms with Crippen molar-refractivity contribution in [1.29, 1.82) is 0 Å². The number of hydrogen-bond donors (Lipinski definition) is 0. The molecule has 0 saturated carbocycles. The molecular weight excluding hydrogens is 202 g/mol. The van der Waals surface area contributed by atoms with E-state index in [2.05, 4.69) is 9.72 Å². The summed E-state index contributed by atoms with van der Waals surface area (Å²) in [7, 11) is 0. The van der Waals surface area contributed by atoms with Crippen molar-refractivity contribution in [3.05, 3.63) is 23.5 Å². The highest BCUT2D eigenvalue weighted by Crippen LogP contribution is 2.26. The largest absolute Gasteiger partial charge is 0.573 e. The third-order valence-corrected chi connectivity index (χ3v) is 1.45. The summed E-state index contributed by atoms with van der Waals surface area (Å²) in [5.74, 6) is -0.592. The Morgan fingerprint density at radius 2 is 2.07 bits per heavy atom. The standard InChI is InChI=1S/C8H7F4NO/c1-5-2-6(3-9)7(4-13-5)14-8(10,11)12/h2,4H,3H2,1H3. The Morgan fingerprint density at radius 1 is 1.43 bits per heavy atom. The van der Waals surface area contributed by atoms with E-state index in [1.807, 2.05) is 0 Å². The molecule has 0 N–H and O–H groups in total. The first-order valence-corrected chi connectivity index (χ1v) is 3.69. The zero-order valence-corrected chi connectivity index (χ0v) is 7.23. The summed E-state index contributed by atoms with van der Waals surface area (Å²) in [6.45, 7) is 0.533. The van der Waals surface area contributed by atoms with E-state index in [-0.39, 0.29) is 5.56 Å². The minimum Gasteiger partial charge on any atom is -0.404 e. The summed E-state index contributed by atoms with van der Waals surface area (Å²) in [6, 6.07) is 1.21. The first-order chi connectivity index (χ1) is 6.42. The van der Waals surface area contributed by atoms with Crippen LogP contribution in [-0.2, 0) is 6.67 Å². The molecule has 0 aliphatic heterocycles. The van der Waals surface area contributed by atoms with Gasteiger partial charge in [0, 0.05) is 11.3 Å². The highest BCUT2D eigenvalue weighted by molar-refractivity contribution is 5.31. The van der Waals surface area contributed by atoms with E-state index >= 15 is 0 Å². The van der Waals surface area contributed by atoms with Crippen LogP contribution in [-0.4, -0.2) is 11.3 Å². The third kappa shape index (κ3) is 2.86. The summed E-state index contributed by atoms with van der Waals surface area (Å²) >= 11 is 0. The van der Waals surface area contributed by atoms with Gasteiger partial charge >= 0.3 is 6.36 Å². The van der Waals surface area contributed by atoms with Gasteiger partial charge in [-0.05, 0) is 13.0 Å². The lowest BCUT2D eigenvalue weighted by Gasteiger charge is -2.11. The van der Waals surface area contributed by atoms with Crippen LogP contribution in [0.3, 0.4) is 0 Å². The van der Waals surface area contributed by atoms with Gasteiger partial charge < -0.3 is 4.74 Å². The van der Waals surface area contributed by atoms with Gasteiger partial charge in [0.2, 0.25) is 0 Å². The maximum Gasteiger partial charge on any atom is 0.573 e. The van der Waals surface area contributed by atoms with Gasteiger partial charge in [-0.3, -0.25) is 4.98 Å². The third-order valence-electron chi connectivity index (χ3n) is 1.45. The zero-order valence-electron chi connectivity index (χ0n) is 7.23. The lowest BCUT2D eigenvalue weighted by Crippen LogP contribution is -2.18. The van der Waals surface area contributed by atoms with Crippen molar-refractivity contribution in [3.8, 4) is 5.75 Å². The number of ether oxygens (including phenoxy) is 1. The summed E-state index contributed by atoms with van der Waals surface area (Å²) in [5.41, 5.74) is 0.280. The monoisotopic (exact) mass is 209 g/mol. The maximum atomic E-state index is 12.3. The number of pyridine rings is 1. The summed E-state index contributed by atoms with van der Waals surface area (Å²) < 4.78 is 51.2. The van der Waals surface area contributed by atoms with Crippen LogP contribution in [0.4, 0.5) is 17.6 Å². The lowest BCUT2D eigenvalue weighted by atomic mass is 10.2. The van der Waals surface area contributed by atoms with Gasteiger partial charge in [-0.15, -0.1) is 13.2 Å². The van der Waals surface area contributed by atoms with Gasteiger partial charge in [-0.25, -0.2) is 4.39 Å². The molecule has 0 aliphatic carbocycles. The average Bonchev–Trinajstić information content (AvgIpc) is 2.06. The van der Waals surface area contributed by atoms with Gasteiger partial charge in [0.05, 0.1) is 6.20 Å². The number of nitrogens with zero attached hydrogens (tertiary/aromatic N) is 1. The molecule has 14 heavy (non-hydrogen) atoms. The Morgan fingerprint density at radius 3 is 2.57 bits per heavy atom. The molecule has 1 aromatic rings. The Bertz CT molecular complexity index is 324. The highest BCUT2D eigenvalue weighted by Gasteiger charge is 2.32. The van der Waals surface area contributed by atoms with Crippen molar-refractivity contribution in [2.24, 2.45) is 0 Å². The molecule has 0 fully saturated rings. The number of aromatic nitrogens is 1. The molecule has 2 nitrogen and oxygen atoms in total. The number of rotatable bonds is 2. The molecule has 0 aliphatic rings. The van der Waals surface area contributed by atoms with Crippen LogP contribution in [0.1, 0.15) is 11.3 Å². The topological polar surface area (TPSA) is 22.1 Å². The summed E-state index contributed by atoms with van der Waals surface area (Å²) in [6.07, 6.45) is -3.96. The van der Waals surface area contributed by atoms with Crippen LogP contribution < -0.4 is 4.74 Å². The molecule has 1 rings (SSSR count). The molecule has 0 bridgehead atoms. The molecule has 0 saturated heterocycles. The molecule has 6 heteroatoms. The van der Waals surface area contributed by atoms with Gasteiger partial charge in [0.1, 0.15) is 6.67 Å². The van der Waals surface area contributed by atoms with E-state index in [0.717, 1.165) is 6.20 Å².